The number of rotatable bonds is 3. The normalized spacial score (nSPS) is 16.6. The Morgan fingerprint density at radius 2 is 1.56 bits per heavy atom. The van der Waals surface area contributed by atoms with E-state index < -0.39 is 21.8 Å². The molecular formula is C19H21F3N2O2S. The Balaban J connectivity index is 1.80. The molecule has 1 fully saturated rings. The van der Waals surface area contributed by atoms with Crippen LogP contribution in [0.5, 0.6) is 0 Å². The quantitative estimate of drug-likeness (QED) is 0.789. The van der Waals surface area contributed by atoms with Gasteiger partial charge in [-0.25, -0.2) is 8.42 Å². The van der Waals surface area contributed by atoms with Crippen molar-refractivity contribution >= 4 is 15.7 Å². The Labute approximate surface area is 157 Å². The molecule has 1 heterocycles. The van der Waals surface area contributed by atoms with Crippen LogP contribution in [0, 0.1) is 13.8 Å². The molecule has 27 heavy (non-hydrogen) atoms. The molecule has 0 unspecified atom stereocenters. The summed E-state index contributed by atoms with van der Waals surface area (Å²) >= 11 is 0. The smallest absolute Gasteiger partial charge is 0.368 e. The first-order valence-electron chi connectivity index (χ1n) is 8.59. The number of anilines is 1. The van der Waals surface area contributed by atoms with Crippen LogP contribution < -0.4 is 4.90 Å². The van der Waals surface area contributed by atoms with E-state index in [2.05, 4.69) is 0 Å². The second kappa shape index (κ2) is 7.16. The largest absolute Gasteiger partial charge is 0.418 e. The molecule has 0 aliphatic carbocycles. The predicted octanol–water partition coefficient (Wildman–Crippen LogP) is 3.83. The van der Waals surface area contributed by atoms with Crippen LogP contribution in [-0.4, -0.2) is 38.9 Å². The molecule has 1 aliphatic heterocycles. The van der Waals surface area contributed by atoms with Gasteiger partial charge in [0.2, 0.25) is 10.0 Å². The van der Waals surface area contributed by atoms with Crippen LogP contribution in [0.3, 0.4) is 0 Å². The summed E-state index contributed by atoms with van der Waals surface area (Å²) in [5.74, 6) is 0. The number of benzene rings is 2. The molecule has 0 spiro atoms. The van der Waals surface area contributed by atoms with Gasteiger partial charge in [-0.3, -0.25) is 0 Å². The lowest BCUT2D eigenvalue weighted by molar-refractivity contribution is -0.137. The highest BCUT2D eigenvalue weighted by atomic mass is 32.2. The van der Waals surface area contributed by atoms with Gasteiger partial charge in [-0.2, -0.15) is 17.5 Å². The van der Waals surface area contributed by atoms with Crippen molar-refractivity contribution in [3.63, 3.8) is 0 Å². The average Bonchev–Trinajstić information content (AvgIpc) is 2.61. The monoisotopic (exact) mass is 398 g/mol. The maximum Gasteiger partial charge on any atom is 0.418 e. The van der Waals surface area contributed by atoms with Crippen LogP contribution >= 0.6 is 0 Å². The second-order valence-corrected chi connectivity index (χ2v) is 8.58. The number of alkyl halides is 3. The van der Waals surface area contributed by atoms with E-state index in [0.29, 0.717) is 5.56 Å². The van der Waals surface area contributed by atoms with E-state index in [1.165, 1.54) is 16.4 Å². The fourth-order valence-electron chi connectivity index (χ4n) is 3.39. The Kier molecular flexibility index (Phi) is 5.22. The first-order valence-corrected chi connectivity index (χ1v) is 10.0. The van der Waals surface area contributed by atoms with Gasteiger partial charge in [-0.1, -0.05) is 29.8 Å². The Morgan fingerprint density at radius 1 is 0.926 bits per heavy atom. The topological polar surface area (TPSA) is 40.6 Å². The Hall–Kier alpha value is -2.06. The van der Waals surface area contributed by atoms with E-state index in [-0.39, 0.29) is 36.8 Å². The second-order valence-electron chi connectivity index (χ2n) is 6.67. The first-order chi connectivity index (χ1) is 12.6. The van der Waals surface area contributed by atoms with Crippen LogP contribution in [0.25, 0.3) is 0 Å². The van der Waals surface area contributed by atoms with E-state index >= 15 is 0 Å². The summed E-state index contributed by atoms with van der Waals surface area (Å²) in [5.41, 5.74) is 1.03. The molecule has 0 N–H and O–H groups in total. The molecule has 1 saturated heterocycles. The number of halogens is 3. The van der Waals surface area contributed by atoms with E-state index in [9.17, 15) is 21.6 Å². The van der Waals surface area contributed by atoms with Gasteiger partial charge in [0.05, 0.1) is 10.5 Å². The lowest BCUT2D eigenvalue weighted by Gasteiger charge is -2.36. The van der Waals surface area contributed by atoms with Gasteiger partial charge < -0.3 is 4.90 Å². The van der Waals surface area contributed by atoms with E-state index in [1.807, 2.05) is 13.0 Å². The van der Waals surface area contributed by atoms with Crippen molar-refractivity contribution in [1.82, 2.24) is 4.31 Å². The van der Waals surface area contributed by atoms with Crippen LogP contribution in [0.15, 0.2) is 47.4 Å². The third kappa shape index (κ3) is 3.96. The molecule has 0 radical (unpaired) electrons. The highest BCUT2D eigenvalue weighted by molar-refractivity contribution is 7.89. The third-order valence-electron chi connectivity index (χ3n) is 4.74. The summed E-state index contributed by atoms with van der Waals surface area (Å²) in [4.78, 5) is 1.84. The molecule has 4 nitrogen and oxygen atoms in total. The highest BCUT2D eigenvalue weighted by Gasteiger charge is 2.36. The maximum atomic E-state index is 13.2. The van der Waals surface area contributed by atoms with Gasteiger partial charge in [0.15, 0.2) is 0 Å². The van der Waals surface area contributed by atoms with Crippen LogP contribution in [0.1, 0.15) is 16.7 Å². The standard InChI is InChI=1S/C19H21F3N2O2S/c1-14-7-8-18(15(2)13-14)27(25,26)24-11-9-23(10-12-24)17-6-4-3-5-16(17)19(20,21)22/h3-8,13H,9-12H2,1-2H3. The van der Waals surface area contributed by atoms with Crippen LogP contribution in [0.4, 0.5) is 18.9 Å². The van der Waals surface area contributed by atoms with Crippen molar-refractivity contribution in [3.8, 4) is 0 Å². The van der Waals surface area contributed by atoms with Crippen molar-refractivity contribution in [1.29, 1.82) is 0 Å². The molecule has 0 atom stereocenters. The molecule has 0 saturated carbocycles. The van der Waals surface area contributed by atoms with Gasteiger partial charge >= 0.3 is 6.18 Å². The minimum atomic E-state index is -4.45. The van der Waals surface area contributed by atoms with Gasteiger partial charge in [-0.05, 0) is 37.6 Å². The molecule has 0 aromatic heterocycles. The lowest BCUT2D eigenvalue weighted by Crippen LogP contribution is -2.49. The summed E-state index contributed by atoms with van der Waals surface area (Å²) in [7, 11) is -3.67. The van der Waals surface area contributed by atoms with Gasteiger partial charge in [-0.15, -0.1) is 0 Å². The summed E-state index contributed by atoms with van der Waals surface area (Å²) in [6.45, 7) is 4.33. The van der Waals surface area contributed by atoms with E-state index in [1.54, 1.807) is 30.0 Å². The zero-order chi connectivity index (χ0) is 19.8. The first kappa shape index (κ1) is 19.7. The molecule has 2 aromatic carbocycles. The van der Waals surface area contributed by atoms with Crippen molar-refractivity contribution in [3.05, 3.63) is 59.2 Å². The summed E-state index contributed by atoms with van der Waals surface area (Å²) in [6, 6.07) is 10.5. The zero-order valence-corrected chi connectivity index (χ0v) is 15.9. The van der Waals surface area contributed by atoms with Crippen molar-refractivity contribution in [2.45, 2.75) is 24.9 Å². The highest BCUT2D eigenvalue weighted by Crippen LogP contribution is 2.37. The fourth-order valence-corrected chi connectivity index (χ4v) is 5.01. The van der Waals surface area contributed by atoms with Crippen LogP contribution in [-0.2, 0) is 16.2 Å². The number of sulfonamides is 1. The van der Waals surface area contributed by atoms with Crippen molar-refractivity contribution in [2.75, 3.05) is 31.1 Å². The van der Waals surface area contributed by atoms with Gasteiger partial charge in [0.1, 0.15) is 0 Å². The minimum Gasteiger partial charge on any atom is -0.368 e. The molecular weight excluding hydrogens is 377 g/mol. The van der Waals surface area contributed by atoms with E-state index in [0.717, 1.165) is 11.6 Å². The molecule has 3 rings (SSSR count). The van der Waals surface area contributed by atoms with Crippen molar-refractivity contribution < 1.29 is 21.6 Å². The molecule has 2 aromatic rings. The number of hydrogen-bond acceptors (Lipinski definition) is 3. The number of para-hydroxylation sites is 1. The Bertz CT molecular complexity index is 934. The molecule has 0 amide bonds. The summed E-state index contributed by atoms with van der Waals surface area (Å²) in [5, 5.41) is 0. The lowest BCUT2D eigenvalue weighted by atomic mass is 10.1. The fraction of sp³-hybridized carbons (Fsp3) is 0.368. The molecule has 146 valence electrons. The predicted molar refractivity (Wildman–Crippen MR) is 98.3 cm³/mol. The van der Waals surface area contributed by atoms with Crippen LogP contribution in [0.2, 0.25) is 0 Å². The van der Waals surface area contributed by atoms with Crippen molar-refractivity contribution in [2.24, 2.45) is 0 Å². The van der Waals surface area contributed by atoms with Gasteiger partial charge in [0, 0.05) is 31.9 Å². The number of aryl methyl sites for hydroxylation is 2. The summed E-state index contributed by atoms with van der Waals surface area (Å²) < 4.78 is 66.9. The maximum absolute atomic E-state index is 13.2. The average molecular weight is 398 g/mol. The number of hydrogen-bond donors (Lipinski definition) is 0. The Morgan fingerprint density at radius 3 is 2.15 bits per heavy atom. The zero-order valence-electron chi connectivity index (χ0n) is 15.1. The molecule has 1 aliphatic rings. The third-order valence-corrected chi connectivity index (χ3v) is 6.80. The summed E-state index contributed by atoms with van der Waals surface area (Å²) in [6.07, 6.45) is -4.45. The molecule has 8 heteroatoms. The van der Waals surface area contributed by atoms with Gasteiger partial charge in [0.25, 0.3) is 0 Å². The SMILES string of the molecule is Cc1ccc(S(=O)(=O)N2CCN(c3ccccc3C(F)(F)F)CC2)c(C)c1. The molecule has 0 bridgehead atoms. The number of nitrogens with zero attached hydrogens (tertiary/aromatic N) is 2. The number of piperazine rings is 1. The van der Waals surface area contributed by atoms with E-state index in [4.69, 9.17) is 0 Å². The minimum absolute atomic E-state index is 0.0913.